The molecule has 1 aliphatic heterocycles. The fraction of sp³-hybridized carbons (Fsp3) is 0.571. The van der Waals surface area contributed by atoms with E-state index in [-0.39, 0.29) is 5.54 Å². The Balaban J connectivity index is 2.56. The van der Waals surface area contributed by atoms with E-state index in [0.717, 1.165) is 17.8 Å². The summed E-state index contributed by atoms with van der Waals surface area (Å²) in [5.74, 6) is 0.706. The number of nitrogens with one attached hydrogen (secondary N) is 1. The number of nitrogens with two attached hydrogens (primary N) is 1. The summed E-state index contributed by atoms with van der Waals surface area (Å²) in [5, 5.41) is 7.02. The van der Waals surface area contributed by atoms with Gasteiger partial charge in [0.1, 0.15) is 5.82 Å². The first-order valence-electron chi connectivity index (χ1n) is 3.80. The predicted molar refractivity (Wildman–Crippen MR) is 55.6 cm³/mol. The number of aromatic amines is 1. The maximum atomic E-state index is 5.73. The third kappa shape index (κ3) is 0.891. The first kappa shape index (κ1) is 8.31. The maximum absolute atomic E-state index is 5.73. The smallest absolute Gasteiger partial charge is 0.123 e. The fourth-order valence-corrected chi connectivity index (χ4v) is 2.07. The van der Waals surface area contributed by atoms with Gasteiger partial charge in [0.25, 0.3) is 0 Å². The summed E-state index contributed by atoms with van der Waals surface area (Å²) in [5.41, 5.74) is 7.96. The van der Waals surface area contributed by atoms with Crippen molar-refractivity contribution in [2.75, 3.05) is 5.73 Å². The molecule has 66 valence electrons. The van der Waals surface area contributed by atoms with Crippen molar-refractivity contribution in [1.29, 1.82) is 0 Å². The molecule has 1 aromatic rings. The van der Waals surface area contributed by atoms with Gasteiger partial charge < -0.3 is 5.73 Å². The standard InChI is InChI=1S/C7H11IN4/c1-7(2)5-4(3-12(7)8)6(9)11-10-5/h3H2,1-2H3,(H3,9,10,11). The van der Waals surface area contributed by atoms with Crippen molar-refractivity contribution in [1.82, 2.24) is 13.3 Å². The summed E-state index contributed by atoms with van der Waals surface area (Å²) in [6.45, 7) is 5.17. The number of anilines is 1. The van der Waals surface area contributed by atoms with Gasteiger partial charge in [-0.1, -0.05) is 0 Å². The minimum absolute atomic E-state index is 0.00398. The zero-order chi connectivity index (χ0) is 8.93. The van der Waals surface area contributed by atoms with Crippen molar-refractivity contribution in [2.45, 2.75) is 25.9 Å². The second-order valence-corrected chi connectivity index (χ2v) is 4.71. The molecule has 0 aromatic carbocycles. The summed E-state index contributed by atoms with van der Waals surface area (Å²) in [7, 11) is 0. The molecule has 0 spiro atoms. The molecule has 3 N–H and O–H groups in total. The Morgan fingerprint density at radius 3 is 2.92 bits per heavy atom. The Kier molecular flexibility index (Phi) is 1.63. The average molecular weight is 278 g/mol. The molecule has 5 heteroatoms. The van der Waals surface area contributed by atoms with Crippen LogP contribution >= 0.6 is 22.9 Å². The summed E-state index contributed by atoms with van der Waals surface area (Å²) >= 11 is 2.31. The Labute approximate surface area is 85.0 Å². The number of hydrogen-bond donors (Lipinski definition) is 2. The van der Waals surface area contributed by atoms with Gasteiger partial charge >= 0.3 is 0 Å². The van der Waals surface area contributed by atoms with Gasteiger partial charge in [-0.15, -0.1) is 0 Å². The Morgan fingerprint density at radius 2 is 2.33 bits per heavy atom. The predicted octanol–water partition coefficient (Wildman–Crippen LogP) is 1.39. The van der Waals surface area contributed by atoms with Crippen molar-refractivity contribution in [2.24, 2.45) is 0 Å². The number of nitrogens with zero attached hydrogens (tertiary/aromatic N) is 2. The molecule has 1 aliphatic rings. The van der Waals surface area contributed by atoms with Gasteiger partial charge in [0.05, 0.1) is 11.2 Å². The van der Waals surface area contributed by atoms with Crippen LogP contribution in [0, 0.1) is 0 Å². The number of halogens is 1. The SMILES string of the molecule is CC1(C)c2n[nH]c(N)c2CN1I. The topological polar surface area (TPSA) is 57.9 Å². The largest absolute Gasteiger partial charge is 0.384 e. The molecule has 1 aromatic heterocycles. The molecule has 2 heterocycles. The highest BCUT2D eigenvalue weighted by molar-refractivity contribution is 14.1. The molecular formula is C7H11IN4. The summed E-state index contributed by atoms with van der Waals surface area (Å²) in [6.07, 6.45) is 0. The van der Waals surface area contributed by atoms with Gasteiger partial charge in [-0.05, 0) is 13.8 Å². The molecule has 0 radical (unpaired) electrons. The van der Waals surface area contributed by atoms with Gasteiger partial charge in [0.15, 0.2) is 0 Å². The van der Waals surface area contributed by atoms with Gasteiger partial charge in [0.2, 0.25) is 0 Å². The minimum Gasteiger partial charge on any atom is -0.384 e. The third-order valence-electron chi connectivity index (χ3n) is 2.38. The molecule has 2 rings (SSSR count). The van der Waals surface area contributed by atoms with Crippen LogP contribution in [-0.2, 0) is 12.1 Å². The molecule has 0 unspecified atom stereocenters. The van der Waals surface area contributed by atoms with Gasteiger partial charge in [-0.3, -0.25) is 5.10 Å². The molecule has 0 atom stereocenters. The second kappa shape index (κ2) is 2.35. The number of aromatic nitrogens is 2. The van der Waals surface area contributed by atoms with E-state index in [1.54, 1.807) is 0 Å². The van der Waals surface area contributed by atoms with Crippen LogP contribution in [0.5, 0.6) is 0 Å². The van der Waals surface area contributed by atoms with Crippen LogP contribution in [0.2, 0.25) is 0 Å². The second-order valence-electron chi connectivity index (χ2n) is 3.54. The molecule has 12 heavy (non-hydrogen) atoms. The van der Waals surface area contributed by atoms with Crippen molar-refractivity contribution in [3.63, 3.8) is 0 Å². The van der Waals surface area contributed by atoms with Crippen molar-refractivity contribution < 1.29 is 0 Å². The lowest BCUT2D eigenvalue weighted by Gasteiger charge is -2.24. The summed E-state index contributed by atoms with van der Waals surface area (Å²) in [4.78, 5) is 0. The number of nitrogen functional groups attached to an aromatic ring is 1. The van der Waals surface area contributed by atoms with E-state index < -0.39 is 0 Å². The molecule has 0 saturated carbocycles. The van der Waals surface area contributed by atoms with Crippen LogP contribution in [0.25, 0.3) is 0 Å². The van der Waals surface area contributed by atoms with E-state index in [9.17, 15) is 0 Å². The van der Waals surface area contributed by atoms with E-state index >= 15 is 0 Å². The van der Waals surface area contributed by atoms with Crippen LogP contribution in [0.3, 0.4) is 0 Å². The zero-order valence-corrected chi connectivity index (χ0v) is 9.21. The van der Waals surface area contributed by atoms with Crippen LogP contribution in [0.15, 0.2) is 0 Å². The summed E-state index contributed by atoms with van der Waals surface area (Å²) in [6, 6.07) is 0. The summed E-state index contributed by atoms with van der Waals surface area (Å²) < 4.78 is 2.21. The Hall–Kier alpha value is -0.300. The third-order valence-corrected chi connectivity index (χ3v) is 3.93. The highest BCUT2D eigenvalue weighted by atomic mass is 127. The molecule has 0 aliphatic carbocycles. The molecule has 0 fully saturated rings. The monoisotopic (exact) mass is 278 g/mol. The van der Waals surface area contributed by atoms with Gasteiger partial charge in [-0.25, -0.2) is 3.11 Å². The molecule has 0 saturated heterocycles. The highest BCUT2D eigenvalue weighted by Crippen LogP contribution is 2.41. The van der Waals surface area contributed by atoms with Crippen molar-refractivity contribution in [3.05, 3.63) is 11.3 Å². The number of rotatable bonds is 0. The normalized spacial score (nSPS) is 21.2. The lowest BCUT2D eigenvalue weighted by molar-refractivity contribution is 0.302. The molecule has 0 bridgehead atoms. The fourth-order valence-electron chi connectivity index (χ4n) is 1.50. The van der Waals surface area contributed by atoms with Crippen LogP contribution in [0.1, 0.15) is 25.1 Å². The van der Waals surface area contributed by atoms with Crippen LogP contribution in [-0.4, -0.2) is 13.3 Å². The first-order chi connectivity index (χ1) is 5.53. The first-order valence-corrected chi connectivity index (χ1v) is 4.76. The van der Waals surface area contributed by atoms with Crippen LogP contribution < -0.4 is 5.73 Å². The van der Waals surface area contributed by atoms with Gasteiger partial charge in [-0.2, -0.15) is 5.10 Å². The number of fused-ring (bicyclic) bond motifs is 1. The van der Waals surface area contributed by atoms with E-state index in [0.29, 0.717) is 5.82 Å². The zero-order valence-electron chi connectivity index (χ0n) is 7.06. The maximum Gasteiger partial charge on any atom is 0.123 e. The number of hydrogen-bond acceptors (Lipinski definition) is 3. The lowest BCUT2D eigenvalue weighted by atomic mass is 10.0. The molecule has 4 nitrogen and oxygen atoms in total. The quantitative estimate of drug-likeness (QED) is 0.557. The Bertz CT molecular complexity index is 317. The van der Waals surface area contributed by atoms with E-state index in [1.807, 2.05) is 0 Å². The van der Waals surface area contributed by atoms with E-state index in [4.69, 9.17) is 5.73 Å². The van der Waals surface area contributed by atoms with Crippen molar-refractivity contribution >= 4 is 28.7 Å². The average Bonchev–Trinajstić information content (AvgIpc) is 2.41. The van der Waals surface area contributed by atoms with E-state index in [2.05, 4.69) is 50.0 Å². The van der Waals surface area contributed by atoms with Crippen LogP contribution in [0.4, 0.5) is 5.82 Å². The molecular weight excluding hydrogens is 267 g/mol. The van der Waals surface area contributed by atoms with E-state index in [1.165, 1.54) is 0 Å². The molecule has 0 amide bonds. The Morgan fingerprint density at radius 1 is 1.67 bits per heavy atom. The lowest BCUT2D eigenvalue weighted by Crippen LogP contribution is -2.27. The highest BCUT2D eigenvalue weighted by Gasteiger charge is 2.39. The van der Waals surface area contributed by atoms with Crippen molar-refractivity contribution in [3.8, 4) is 0 Å². The minimum atomic E-state index is 0.00398. The van der Waals surface area contributed by atoms with Gasteiger partial charge in [0, 0.05) is 35.0 Å². The number of H-pyrrole nitrogens is 1.